The predicted octanol–water partition coefficient (Wildman–Crippen LogP) is 4.36. The highest BCUT2D eigenvalue weighted by molar-refractivity contribution is 5.75. The van der Waals surface area contributed by atoms with Gasteiger partial charge in [0.05, 0.1) is 18.6 Å². The van der Waals surface area contributed by atoms with Crippen LogP contribution in [0.15, 0.2) is 53.6 Å². The second-order valence-electron chi connectivity index (χ2n) is 6.10. The van der Waals surface area contributed by atoms with Gasteiger partial charge < -0.3 is 10.1 Å². The van der Waals surface area contributed by atoms with E-state index in [0.717, 1.165) is 47.9 Å². The minimum atomic E-state index is 0.717. The van der Waals surface area contributed by atoms with Gasteiger partial charge in [-0.25, -0.2) is 9.50 Å². The number of aromatic nitrogens is 3. The number of nitrogens with one attached hydrogen (secondary N) is 1. The van der Waals surface area contributed by atoms with Crippen LogP contribution in [0.5, 0.6) is 0 Å². The minimum absolute atomic E-state index is 0.717. The van der Waals surface area contributed by atoms with Gasteiger partial charge in [-0.15, -0.1) is 10.8 Å². The Labute approximate surface area is 148 Å². The van der Waals surface area contributed by atoms with Crippen molar-refractivity contribution >= 4 is 17.0 Å². The van der Waals surface area contributed by atoms with Crippen molar-refractivity contribution in [3.63, 3.8) is 0 Å². The van der Waals surface area contributed by atoms with Crippen molar-refractivity contribution in [1.29, 1.82) is 0 Å². The first-order chi connectivity index (χ1) is 12.2. The van der Waals surface area contributed by atoms with E-state index in [0.29, 0.717) is 6.61 Å². The summed E-state index contributed by atoms with van der Waals surface area (Å²) < 4.78 is 7.54. The molecule has 1 aliphatic carbocycles. The SMILES string of the molecule is CCOC(CCCNc1ccc2ncc(C3=C=CC=C3)n2n1)=C(C)C. The zero-order valence-corrected chi connectivity index (χ0v) is 15.0. The Bertz CT molecular complexity index is 878. The summed E-state index contributed by atoms with van der Waals surface area (Å²) in [5.41, 5.74) is 7.23. The molecule has 0 fully saturated rings. The van der Waals surface area contributed by atoms with E-state index in [-0.39, 0.29) is 0 Å². The summed E-state index contributed by atoms with van der Waals surface area (Å²) in [5.74, 6) is 1.94. The lowest BCUT2D eigenvalue weighted by Crippen LogP contribution is -2.07. The molecule has 0 aliphatic heterocycles. The summed E-state index contributed by atoms with van der Waals surface area (Å²) in [6, 6.07) is 3.94. The van der Waals surface area contributed by atoms with Crippen molar-refractivity contribution in [2.45, 2.75) is 33.6 Å². The van der Waals surface area contributed by atoms with Gasteiger partial charge >= 0.3 is 0 Å². The van der Waals surface area contributed by atoms with Gasteiger partial charge in [0.15, 0.2) is 5.65 Å². The van der Waals surface area contributed by atoms with E-state index in [1.807, 2.05) is 48.0 Å². The van der Waals surface area contributed by atoms with Crippen molar-refractivity contribution < 1.29 is 4.74 Å². The van der Waals surface area contributed by atoms with Crippen LogP contribution < -0.4 is 5.32 Å². The number of anilines is 1. The molecular formula is C20H24N4O. The Hall–Kier alpha value is -2.78. The van der Waals surface area contributed by atoms with Crippen molar-refractivity contribution in [2.75, 3.05) is 18.5 Å². The molecule has 0 saturated carbocycles. The second-order valence-corrected chi connectivity index (χ2v) is 6.10. The molecule has 0 aromatic carbocycles. The molecule has 1 N–H and O–H groups in total. The monoisotopic (exact) mass is 336 g/mol. The number of nitrogens with zero attached hydrogens (tertiary/aromatic N) is 3. The molecule has 25 heavy (non-hydrogen) atoms. The van der Waals surface area contributed by atoms with Crippen molar-refractivity contribution in [2.24, 2.45) is 0 Å². The molecule has 3 rings (SSSR count). The fraction of sp³-hybridized carbons (Fsp3) is 0.350. The zero-order chi connectivity index (χ0) is 17.6. The highest BCUT2D eigenvalue weighted by Crippen LogP contribution is 2.19. The second kappa shape index (κ2) is 7.86. The molecule has 130 valence electrons. The van der Waals surface area contributed by atoms with Gasteiger partial charge in [0.1, 0.15) is 11.5 Å². The normalized spacial score (nSPS) is 12.5. The van der Waals surface area contributed by atoms with Gasteiger partial charge in [0.2, 0.25) is 0 Å². The van der Waals surface area contributed by atoms with Gasteiger partial charge in [-0.05, 0) is 57.0 Å². The molecule has 0 bridgehead atoms. The lowest BCUT2D eigenvalue weighted by molar-refractivity contribution is 0.213. The number of fused-ring (bicyclic) bond motifs is 1. The van der Waals surface area contributed by atoms with Crippen molar-refractivity contribution in [3.05, 3.63) is 59.3 Å². The van der Waals surface area contributed by atoms with Crippen LogP contribution in [-0.2, 0) is 4.74 Å². The van der Waals surface area contributed by atoms with E-state index < -0.39 is 0 Å². The first-order valence-corrected chi connectivity index (χ1v) is 8.70. The number of hydrogen-bond acceptors (Lipinski definition) is 4. The van der Waals surface area contributed by atoms with Crippen LogP contribution in [0.2, 0.25) is 0 Å². The summed E-state index contributed by atoms with van der Waals surface area (Å²) in [7, 11) is 0. The van der Waals surface area contributed by atoms with Crippen LogP contribution in [0, 0.1) is 0 Å². The number of hydrogen-bond donors (Lipinski definition) is 1. The smallest absolute Gasteiger partial charge is 0.154 e. The molecule has 2 aromatic heterocycles. The molecule has 0 saturated heterocycles. The Kier molecular flexibility index (Phi) is 5.36. The minimum Gasteiger partial charge on any atom is -0.498 e. The van der Waals surface area contributed by atoms with Crippen LogP contribution >= 0.6 is 0 Å². The van der Waals surface area contributed by atoms with E-state index in [4.69, 9.17) is 4.74 Å². The van der Waals surface area contributed by atoms with Gasteiger partial charge in [0.25, 0.3) is 0 Å². The molecular weight excluding hydrogens is 312 g/mol. The Morgan fingerprint density at radius 3 is 2.92 bits per heavy atom. The van der Waals surface area contributed by atoms with Crippen molar-refractivity contribution in [1.82, 2.24) is 14.6 Å². The van der Waals surface area contributed by atoms with Crippen molar-refractivity contribution in [3.8, 4) is 0 Å². The summed E-state index contributed by atoms with van der Waals surface area (Å²) in [4.78, 5) is 4.41. The predicted molar refractivity (Wildman–Crippen MR) is 101 cm³/mol. The van der Waals surface area contributed by atoms with Gasteiger partial charge in [-0.1, -0.05) is 6.08 Å². The van der Waals surface area contributed by atoms with Crippen LogP contribution in [0.4, 0.5) is 5.82 Å². The van der Waals surface area contributed by atoms with Crippen LogP contribution in [-0.4, -0.2) is 27.7 Å². The maximum absolute atomic E-state index is 5.68. The maximum atomic E-state index is 5.68. The molecule has 0 unspecified atom stereocenters. The molecule has 5 nitrogen and oxygen atoms in total. The molecule has 0 amide bonds. The highest BCUT2D eigenvalue weighted by atomic mass is 16.5. The van der Waals surface area contributed by atoms with E-state index in [1.54, 1.807) is 0 Å². The Morgan fingerprint density at radius 2 is 2.20 bits per heavy atom. The largest absolute Gasteiger partial charge is 0.498 e. The molecule has 1 aliphatic rings. The molecule has 0 spiro atoms. The average Bonchev–Trinajstić information content (AvgIpc) is 3.26. The number of rotatable bonds is 8. The highest BCUT2D eigenvalue weighted by Gasteiger charge is 2.09. The summed E-state index contributed by atoms with van der Waals surface area (Å²) >= 11 is 0. The quantitative estimate of drug-likeness (QED) is 0.442. The van der Waals surface area contributed by atoms with Crippen LogP contribution in [0.3, 0.4) is 0 Å². The first kappa shape index (κ1) is 17.1. The van der Waals surface area contributed by atoms with Crippen LogP contribution in [0.1, 0.15) is 39.3 Å². The Morgan fingerprint density at radius 1 is 1.32 bits per heavy atom. The van der Waals surface area contributed by atoms with E-state index in [1.165, 1.54) is 5.57 Å². The Balaban J connectivity index is 1.64. The summed E-state index contributed by atoms with van der Waals surface area (Å²) in [5, 5.41) is 8.05. The molecule has 0 atom stereocenters. The summed E-state index contributed by atoms with van der Waals surface area (Å²) in [6.07, 6.45) is 9.64. The molecule has 2 aromatic rings. The number of ether oxygens (including phenoxy) is 1. The standard InChI is InChI=1S/C20H24N4O/c1-4-25-18(15(2)3)10-7-13-21-19-11-12-20-22-14-17(24(20)23-19)16-8-5-6-9-16/h5-6,8,11-12,14H,4,7,10,13H2,1-3H3,(H,21,23). The lowest BCUT2D eigenvalue weighted by Gasteiger charge is -2.11. The van der Waals surface area contributed by atoms with Gasteiger partial charge in [-0.3, -0.25) is 0 Å². The third-order valence-electron chi connectivity index (χ3n) is 4.00. The number of allylic oxidation sites excluding steroid dienone is 5. The topological polar surface area (TPSA) is 51.5 Å². The zero-order valence-electron chi connectivity index (χ0n) is 15.0. The van der Waals surface area contributed by atoms with E-state index in [2.05, 4.69) is 35.0 Å². The van der Waals surface area contributed by atoms with Gasteiger partial charge in [-0.2, -0.15) is 0 Å². The molecule has 5 heteroatoms. The molecule has 0 radical (unpaired) electrons. The fourth-order valence-electron chi connectivity index (χ4n) is 2.75. The third kappa shape index (κ3) is 4.01. The maximum Gasteiger partial charge on any atom is 0.154 e. The lowest BCUT2D eigenvalue weighted by atomic mass is 10.2. The van der Waals surface area contributed by atoms with E-state index in [9.17, 15) is 0 Å². The third-order valence-corrected chi connectivity index (χ3v) is 4.00. The fourth-order valence-corrected chi connectivity index (χ4v) is 2.75. The average molecular weight is 336 g/mol. The molecule has 2 heterocycles. The van der Waals surface area contributed by atoms with Gasteiger partial charge in [0, 0.05) is 18.5 Å². The first-order valence-electron chi connectivity index (χ1n) is 8.70. The summed E-state index contributed by atoms with van der Waals surface area (Å²) in [6.45, 7) is 7.76. The van der Waals surface area contributed by atoms with Crippen LogP contribution in [0.25, 0.3) is 11.2 Å². The van der Waals surface area contributed by atoms with E-state index >= 15 is 0 Å². The number of imidazole rings is 1.